The molecule has 4 heteroatoms. The van der Waals surface area contributed by atoms with Gasteiger partial charge in [0.1, 0.15) is 0 Å². The van der Waals surface area contributed by atoms with E-state index in [0.29, 0.717) is 18.3 Å². The highest BCUT2D eigenvalue weighted by molar-refractivity contribution is 7.99. The van der Waals surface area contributed by atoms with Gasteiger partial charge in [-0.3, -0.25) is 0 Å². The van der Waals surface area contributed by atoms with Crippen LogP contribution in [-0.4, -0.2) is 34.8 Å². The van der Waals surface area contributed by atoms with E-state index in [1.165, 1.54) is 0 Å². The molecule has 1 N–H and O–H groups in total. The lowest BCUT2D eigenvalue weighted by Gasteiger charge is -2.13. The fourth-order valence-electron chi connectivity index (χ4n) is 0.973. The van der Waals surface area contributed by atoms with Crippen molar-refractivity contribution in [3.8, 4) is 0 Å². The van der Waals surface area contributed by atoms with Crippen LogP contribution >= 0.6 is 11.8 Å². The van der Waals surface area contributed by atoms with Gasteiger partial charge in [-0.1, -0.05) is 13.8 Å². The highest BCUT2D eigenvalue weighted by atomic mass is 32.2. The first kappa shape index (κ1) is 13.8. The maximum Gasteiger partial charge on any atom is 0.332 e. The predicted molar refractivity (Wildman–Crippen MR) is 59.9 cm³/mol. The largest absolute Gasteiger partial charge is 0.479 e. The zero-order chi connectivity index (χ0) is 11.0. The minimum atomic E-state index is -0.850. The summed E-state index contributed by atoms with van der Waals surface area (Å²) in [5, 5.41) is 9.40. The van der Waals surface area contributed by atoms with E-state index < -0.39 is 12.1 Å². The molecule has 0 radical (unpaired) electrons. The maximum atomic E-state index is 10.7. The summed E-state index contributed by atoms with van der Waals surface area (Å²) in [5.41, 5.74) is 0. The van der Waals surface area contributed by atoms with Gasteiger partial charge in [0.25, 0.3) is 0 Å². The second kappa shape index (κ2) is 8.12. The molecule has 2 unspecified atom stereocenters. The molecule has 0 heterocycles. The van der Waals surface area contributed by atoms with Gasteiger partial charge in [-0.05, 0) is 25.5 Å². The summed E-state index contributed by atoms with van der Waals surface area (Å²) >= 11 is 1.80. The van der Waals surface area contributed by atoms with Crippen molar-refractivity contribution < 1.29 is 14.6 Å². The van der Waals surface area contributed by atoms with Gasteiger partial charge in [0.15, 0.2) is 6.10 Å². The minimum Gasteiger partial charge on any atom is -0.479 e. The maximum absolute atomic E-state index is 10.7. The Morgan fingerprint density at radius 2 is 2.14 bits per heavy atom. The Morgan fingerprint density at radius 3 is 2.57 bits per heavy atom. The van der Waals surface area contributed by atoms with E-state index in [0.717, 1.165) is 12.2 Å². The Balaban J connectivity index is 3.66. The van der Waals surface area contributed by atoms with E-state index in [1.807, 2.05) is 6.92 Å². The van der Waals surface area contributed by atoms with Crippen molar-refractivity contribution >= 4 is 17.7 Å². The van der Waals surface area contributed by atoms with E-state index in [1.54, 1.807) is 11.8 Å². The van der Waals surface area contributed by atoms with Crippen LogP contribution in [0.3, 0.4) is 0 Å². The molecular formula is C10H20O3S. The molecular weight excluding hydrogens is 200 g/mol. The third kappa shape index (κ3) is 6.27. The van der Waals surface area contributed by atoms with Crippen molar-refractivity contribution in [2.24, 2.45) is 0 Å². The fourth-order valence-corrected chi connectivity index (χ4v) is 1.96. The average Bonchev–Trinajstić information content (AvgIpc) is 2.16. The molecule has 0 aromatic carbocycles. The molecule has 0 aliphatic heterocycles. The Labute approximate surface area is 90.2 Å². The van der Waals surface area contributed by atoms with Crippen molar-refractivity contribution in [1.82, 2.24) is 0 Å². The van der Waals surface area contributed by atoms with Gasteiger partial charge in [0.2, 0.25) is 0 Å². The number of thioether (sulfide) groups is 1. The summed E-state index contributed by atoms with van der Waals surface area (Å²) in [4.78, 5) is 10.7. The van der Waals surface area contributed by atoms with E-state index >= 15 is 0 Å². The third-order valence-electron chi connectivity index (χ3n) is 2.00. The lowest BCUT2D eigenvalue weighted by Crippen LogP contribution is -2.24. The van der Waals surface area contributed by atoms with Crippen LogP contribution in [0.1, 0.15) is 33.6 Å². The SMILES string of the molecule is CCOC(CCSC(C)CC)C(=O)O. The monoisotopic (exact) mass is 220 g/mol. The van der Waals surface area contributed by atoms with Crippen LogP contribution in [0.25, 0.3) is 0 Å². The lowest BCUT2D eigenvalue weighted by atomic mass is 10.3. The third-order valence-corrected chi connectivity index (χ3v) is 3.37. The zero-order valence-corrected chi connectivity index (χ0v) is 9.97. The van der Waals surface area contributed by atoms with Gasteiger partial charge in [-0.2, -0.15) is 11.8 Å². The van der Waals surface area contributed by atoms with Crippen molar-refractivity contribution in [2.75, 3.05) is 12.4 Å². The standard InChI is InChI=1S/C10H20O3S/c1-4-8(3)14-7-6-9(10(11)12)13-5-2/h8-9H,4-7H2,1-3H3,(H,11,12). The molecule has 0 rings (SSSR count). The first-order chi connectivity index (χ1) is 6.61. The molecule has 0 amide bonds. The Hall–Kier alpha value is -0.220. The van der Waals surface area contributed by atoms with Gasteiger partial charge < -0.3 is 9.84 Å². The number of carboxylic acid groups (broad SMARTS) is 1. The summed E-state index contributed by atoms with van der Waals surface area (Å²) in [6.07, 6.45) is 1.09. The quantitative estimate of drug-likeness (QED) is 0.682. The molecule has 0 fully saturated rings. The molecule has 0 saturated carbocycles. The van der Waals surface area contributed by atoms with Crippen LogP contribution in [0, 0.1) is 0 Å². The van der Waals surface area contributed by atoms with E-state index in [9.17, 15) is 4.79 Å². The van der Waals surface area contributed by atoms with E-state index in [2.05, 4.69) is 13.8 Å². The summed E-state index contributed by atoms with van der Waals surface area (Å²) < 4.78 is 5.11. The zero-order valence-electron chi connectivity index (χ0n) is 9.16. The summed E-state index contributed by atoms with van der Waals surface area (Å²) in [6.45, 7) is 6.57. The Morgan fingerprint density at radius 1 is 1.50 bits per heavy atom. The van der Waals surface area contributed by atoms with Gasteiger partial charge in [-0.25, -0.2) is 4.79 Å². The minimum absolute atomic E-state index is 0.463. The number of hydrogen-bond acceptors (Lipinski definition) is 3. The van der Waals surface area contributed by atoms with Gasteiger partial charge in [0, 0.05) is 11.9 Å². The van der Waals surface area contributed by atoms with Gasteiger partial charge >= 0.3 is 5.97 Å². The summed E-state index contributed by atoms with van der Waals surface area (Å²) in [5.74, 6) is 0.00278. The number of carboxylic acids is 1. The molecule has 2 atom stereocenters. The lowest BCUT2D eigenvalue weighted by molar-refractivity contribution is -0.150. The average molecular weight is 220 g/mol. The number of ether oxygens (including phenoxy) is 1. The topological polar surface area (TPSA) is 46.5 Å². The van der Waals surface area contributed by atoms with Crippen molar-refractivity contribution in [1.29, 1.82) is 0 Å². The number of rotatable bonds is 8. The van der Waals surface area contributed by atoms with Gasteiger partial charge in [0.05, 0.1) is 0 Å². The molecule has 84 valence electrons. The number of hydrogen-bond donors (Lipinski definition) is 1. The molecule has 0 aromatic heterocycles. The first-order valence-corrected chi connectivity index (χ1v) is 6.12. The van der Waals surface area contributed by atoms with Crippen molar-refractivity contribution in [3.05, 3.63) is 0 Å². The molecule has 3 nitrogen and oxygen atoms in total. The second-order valence-electron chi connectivity index (χ2n) is 3.16. The highest BCUT2D eigenvalue weighted by Gasteiger charge is 2.16. The molecule has 0 aromatic rings. The number of carbonyl (C=O) groups is 1. The Bertz CT molecular complexity index is 161. The second-order valence-corrected chi connectivity index (χ2v) is 4.71. The highest BCUT2D eigenvalue weighted by Crippen LogP contribution is 2.16. The van der Waals surface area contributed by atoms with Crippen molar-refractivity contribution in [2.45, 2.75) is 45.0 Å². The van der Waals surface area contributed by atoms with Crippen LogP contribution in [0.4, 0.5) is 0 Å². The van der Waals surface area contributed by atoms with E-state index in [-0.39, 0.29) is 0 Å². The predicted octanol–water partition coefficient (Wildman–Crippen LogP) is 2.40. The molecule has 0 aliphatic carbocycles. The Kier molecular flexibility index (Phi) is 7.99. The van der Waals surface area contributed by atoms with Crippen LogP contribution in [0.2, 0.25) is 0 Å². The molecule has 0 bridgehead atoms. The molecule has 0 saturated heterocycles. The smallest absolute Gasteiger partial charge is 0.332 e. The van der Waals surface area contributed by atoms with Gasteiger partial charge in [-0.15, -0.1) is 0 Å². The van der Waals surface area contributed by atoms with Crippen LogP contribution in [-0.2, 0) is 9.53 Å². The van der Waals surface area contributed by atoms with E-state index in [4.69, 9.17) is 9.84 Å². The summed E-state index contributed by atoms with van der Waals surface area (Å²) in [6, 6.07) is 0. The molecule has 0 aliphatic rings. The van der Waals surface area contributed by atoms with Crippen LogP contribution < -0.4 is 0 Å². The summed E-state index contributed by atoms with van der Waals surface area (Å²) in [7, 11) is 0. The first-order valence-electron chi connectivity index (χ1n) is 5.07. The van der Waals surface area contributed by atoms with Crippen LogP contribution in [0.5, 0.6) is 0 Å². The fraction of sp³-hybridized carbons (Fsp3) is 0.900. The van der Waals surface area contributed by atoms with Crippen LogP contribution in [0.15, 0.2) is 0 Å². The normalized spacial score (nSPS) is 15.1. The molecule has 14 heavy (non-hydrogen) atoms. The van der Waals surface area contributed by atoms with Crippen molar-refractivity contribution in [3.63, 3.8) is 0 Å². The number of aliphatic carboxylic acids is 1. The molecule has 0 spiro atoms.